The molecule has 0 rings (SSSR count). The maximum atomic E-state index is 11.1. The molecule has 0 saturated carbocycles. The molecule has 0 aromatic carbocycles. The van der Waals surface area contributed by atoms with E-state index in [9.17, 15) is 4.79 Å². The Morgan fingerprint density at radius 3 is 2.54 bits per heavy atom. The third kappa shape index (κ3) is 8.03. The van der Waals surface area contributed by atoms with Crippen LogP contribution in [0.15, 0.2) is 12.2 Å². The highest BCUT2D eigenvalue weighted by atomic mass is 79.9. The average molecular weight is 249 g/mol. The van der Waals surface area contributed by atoms with Gasteiger partial charge in [0, 0.05) is 11.8 Å². The zero-order valence-electron chi connectivity index (χ0n) is 8.31. The Bertz CT molecular complexity index is 176. The molecule has 3 heteroatoms. The lowest BCUT2D eigenvalue weighted by Crippen LogP contribution is -2.10. The van der Waals surface area contributed by atoms with E-state index in [1.165, 1.54) is 0 Å². The summed E-state index contributed by atoms with van der Waals surface area (Å²) < 4.78 is 4.99. The van der Waals surface area contributed by atoms with Gasteiger partial charge in [-0.1, -0.05) is 28.1 Å². The van der Waals surface area contributed by atoms with E-state index < -0.39 is 0 Å². The Hall–Kier alpha value is -0.310. The SMILES string of the molecule is C=C(CBr)CCCC(=O)OC(C)C. The standard InChI is InChI=1S/C10H17BrO2/c1-8(2)13-10(12)6-4-5-9(3)7-11/h8H,3-7H2,1-2H3. The van der Waals surface area contributed by atoms with Crippen molar-refractivity contribution in [2.45, 2.75) is 39.2 Å². The Kier molecular flexibility index (Phi) is 6.96. The van der Waals surface area contributed by atoms with Gasteiger partial charge in [-0.2, -0.15) is 0 Å². The van der Waals surface area contributed by atoms with Crippen molar-refractivity contribution in [1.82, 2.24) is 0 Å². The molecular formula is C10H17BrO2. The van der Waals surface area contributed by atoms with Crippen LogP contribution in [0.1, 0.15) is 33.1 Å². The van der Waals surface area contributed by atoms with Crippen molar-refractivity contribution < 1.29 is 9.53 Å². The van der Waals surface area contributed by atoms with E-state index in [1.807, 2.05) is 13.8 Å². The van der Waals surface area contributed by atoms with Gasteiger partial charge < -0.3 is 4.74 Å². The molecule has 0 unspecified atom stereocenters. The smallest absolute Gasteiger partial charge is 0.306 e. The van der Waals surface area contributed by atoms with Gasteiger partial charge >= 0.3 is 5.97 Å². The minimum absolute atomic E-state index is 0.00752. The normalized spacial score (nSPS) is 10.2. The monoisotopic (exact) mass is 248 g/mol. The average Bonchev–Trinajstić information content (AvgIpc) is 2.02. The molecule has 2 nitrogen and oxygen atoms in total. The summed E-state index contributed by atoms with van der Waals surface area (Å²) >= 11 is 3.31. The third-order valence-corrected chi connectivity index (χ3v) is 2.26. The summed E-state index contributed by atoms with van der Waals surface area (Å²) in [5.41, 5.74) is 1.12. The Balaban J connectivity index is 3.42. The molecule has 76 valence electrons. The number of allylic oxidation sites excluding steroid dienone is 1. The fourth-order valence-electron chi connectivity index (χ4n) is 0.871. The molecule has 13 heavy (non-hydrogen) atoms. The predicted molar refractivity (Wildman–Crippen MR) is 58.0 cm³/mol. The summed E-state index contributed by atoms with van der Waals surface area (Å²) in [5.74, 6) is -0.114. The first-order valence-corrected chi connectivity index (χ1v) is 5.60. The minimum Gasteiger partial charge on any atom is -0.463 e. The summed E-state index contributed by atoms with van der Waals surface area (Å²) in [6.45, 7) is 7.54. The van der Waals surface area contributed by atoms with Gasteiger partial charge in [0.25, 0.3) is 0 Å². The number of rotatable bonds is 6. The van der Waals surface area contributed by atoms with Gasteiger partial charge in [-0.25, -0.2) is 0 Å². The number of halogens is 1. The quantitative estimate of drug-likeness (QED) is 0.411. The van der Waals surface area contributed by atoms with Crippen LogP contribution in [0.2, 0.25) is 0 Å². The van der Waals surface area contributed by atoms with Gasteiger partial charge in [0.2, 0.25) is 0 Å². The molecule has 0 aliphatic heterocycles. The van der Waals surface area contributed by atoms with E-state index in [4.69, 9.17) is 4.74 Å². The molecule has 0 amide bonds. The Morgan fingerprint density at radius 2 is 2.08 bits per heavy atom. The maximum Gasteiger partial charge on any atom is 0.306 e. The number of carbonyl (C=O) groups excluding carboxylic acids is 1. The fraction of sp³-hybridized carbons (Fsp3) is 0.700. The molecule has 0 spiro atoms. The summed E-state index contributed by atoms with van der Waals surface area (Å²) in [7, 11) is 0. The molecule has 0 saturated heterocycles. The first-order valence-electron chi connectivity index (χ1n) is 4.48. The highest BCUT2D eigenvalue weighted by Gasteiger charge is 2.04. The third-order valence-electron chi connectivity index (χ3n) is 1.47. The molecule has 0 atom stereocenters. The maximum absolute atomic E-state index is 11.1. The largest absolute Gasteiger partial charge is 0.463 e. The molecule has 0 bridgehead atoms. The van der Waals surface area contributed by atoms with Crippen LogP contribution in [0.25, 0.3) is 0 Å². The molecule has 0 aromatic rings. The van der Waals surface area contributed by atoms with Crippen LogP contribution in [0.3, 0.4) is 0 Å². The van der Waals surface area contributed by atoms with Crippen LogP contribution < -0.4 is 0 Å². The highest BCUT2D eigenvalue weighted by molar-refractivity contribution is 9.09. The van der Waals surface area contributed by atoms with Gasteiger partial charge in [0.15, 0.2) is 0 Å². The summed E-state index contributed by atoms with van der Waals surface area (Å²) in [5, 5.41) is 0.812. The minimum atomic E-state index is -0.114. The molecular weight excluding hydrogens is 232 g/mol. The Labute approximate surface area is 88.5 Å². The molecule has 0 aliphatic rings. The van der Waals surface area contributed by atoms with E-state index in [1.54, 1.807) is 0 Å². The van der Waals surface area contributed by atoms with E-state index in [0.717, 1.165) is 23.7 Å². The molecule has 0 fully saturated rings. The van der Waals surface area contributed by atoms with Crippen molar-refractivity contribution in [3.8, 4) is 0 Å². The lowest BCUT2D eigenvalue weighted by atomic mass is 10.1. The molecule has 0 aromatic heterocycles. The van der Waals surface area contributed by atoms with Crippen molar-refractivity contribution in [3.63, 3.8) is 0 Å². The summed E-state index contributed by atoms with van der Waals surface area (Å²) in [4.78, 5) is 11.1. The molecule has 0 aliphatic carbocycles. The van der Waals surface area contributed by atoms with Crippen LogP contribution in [0.5, 0.6) is 0 Å². The molecule has 0 N–H and O–H groups in total. The van der Waals surface area contributed by atoms with Gasteiger partial charge in [-0.3, -0.25) is 4.79 Å². The Morgan fingerprint density at radius 1 is 1.46 bits per heavy atom. The van der Waals surface area contributed by atoms with Crippen molar-refractivity contribution in [2.75, 3.05) is 5.33 Å². The first kappa shape index (κ1) is 12.7. The highest BCUT2D eigenvalue weighted by Crippen LogP contribution is 2.08. The van der Waals surface area contributed by atoms with Gasteiger partial charge in [-0.15, -0.1) is 0 Å². The fourth-order valence-corrected chi connectivity index (χ4v) is 1.15. The van der Waals surface area contributed by atoms with Crippen LogP contribution in [0.4, 0.5) is 0 Å². The first-order chi connectivity index (χ1) is 6.06. The molecule has 0 radical (unpaired) electrons. The van der Waals surface area contributed by atoms with Crippen LogP contribution >= 0.6 is 15.9 Å². The van der Waals surface area contributed by atoms with Gasteiger partial charge in [0.05, 0.1) is 6.10 Å². The van der Waals surface area contributed by atoms with Crippen LogP contribution in [-0.2, 0) is 9.53 Å². The number of esters is 1. The van der Waals surface area contributed by atoms with E-state index in [2.05, 4.69) is 22.5 Å². The molecule has 0 heterocycles. The second-order valence-electron chi connectivity index (χ2n) is 3.28. The number of alkyl halides is 1. The number of carbonyl (C=O) groups is 1. The van der Waals surface area contributed by atoms with E-state index in [-0.39, 0.29) is 12.1 Å². The van der Waals surface area contributed by atoms with Crippen molar-refractivity contribution in [3.05, 3.63) is 12.2 Å². The number of hydrogen-bond acceptors (Lipinski definition) is 2. The van der Waals surface area contributed by atoms with Gasteiger partial charge in [0.1, 0.15) is 0 Å². The van der Waals surface area contributed by atoms with Crippen molar-refractivity contribution in [1.29, 1.82) is 0 Å². The van der Waals surface area contributed by atoms with E-state index >= 15 is 0 Å². The van der Waals surface area contributed by atoms with Crippen LogP contribution in [0, 0.1) is 0 Å². The zero-order valence-corrected chi connectivity index (χ0v) is 9.89. The topological polar surface area (TPSA) is 26.3 Å². The zero-order chi connectivity index (χ0) is 10.3. The number of ether oxygens (including phenoxy) is 1. The second-order valence-corrected chi connectivity index (χ2v) is 3.84. The van der Waals surface area contributed by atoms with E-state index in [0.29, 0.717) is 6.42 Å². The van der Waals surface area contributed by atoms with Gasteiger partial charge in [-0.05, 0) is 26.7 Å². The lowest BCUT2D eigenvalue weighted by Gasteiger charge is -2.07. The van der Waals surface area contributed by atoms with Crippen LogP contribution in [-0.4, -0.2) is 17.4 Å². The van der Waals surface area contributed by atoms with Crippen molar-refractivity contribution >= 4 is 21.9 Å². The number of hydrogen-bond donors (Lipinski definition) is 0. The summed E-state index contributed by atoms with van der Waals surface area (Å²) in [6, 6.07) is 0. The second kappa shape index (κ2) is 7.13. The van der Waals surface area contributed by atoms with Crippen molar-refractivity contribution in [2.24, 2.45) is 0 Å². The predicted octanol–water partition coefficient (Wildman–Crippen LogP) is 3.06. The summed E-state index contributed by atoms with van der Waals surface area (Å²) in [6.07, 6.45) is 2.20. The lowest BCUT2D eigenvalue weighted by molar-refractivity contribution is -0.147.